The topological polar surface area (TPSA) is 40.5 Å². The highest BCUT2D eigenvalue weighted by Gasteiger charge is 2.20. The molecule has 0 aliphatic carbocycles. The Balaban J connectivity index is 2.39. The largest absolute Gasteiger partial charge is 0.389 e. The zero-order chi connectivity index (χ0) is 14.5. The van der Waals surface area contributed by atoms with Crippen LogP contribution in [-0.2, 0) is 11.2 Å². The zero-order valence-electron chi connectivity index (χ0n) is 12.4. The number of hydrogen-bond acceptors (Lipinski definition) is 3. The summed E-state index contributed by atoms with van der Waals surface area (Å²) < 4.78 is 0. The molecular weight excluding hydrogens is 258 g/mol. The first kappa shape index (κ1) is 16.2. The lowest BCUT2D eigenvalue weighted by atomic mass is 10.1. The third-order valence-corrected chi connectivity index (χ3v) is 4.16. The Morgan fingerprint density at radius 3 is 2.63 bits per heavy atom. The van der Waals surface area contributed by atoms with E-state index in [-0.39, 0.29) is 5.91 Å². The molecule has 1 aromatic rings. The smallest absolute Gasteiger partial charge is 0.222 e. The molecule has 1 aromatic heterocycles. The van der Waals surface area contributed by atoms with Gasteiger partial charge in [0.25, 0.3) is 0 Å². The average molecular weight is 283 g/mol. The van der Waals surface area contributed by atoms with Crippen molar-refractivity contribution in [1.29, 1.82) is 0 Å². The number of carbonyl (C=O) groups is 1. The molecule has 4 heteroatoms. The van der Waals surface area contributed by atoms with E-state index in [0.29, 0.717) is 19.5 Å². The van der Waals surface area contributed by atoms with Crippen molar-refractivity contribution in [2.45, 2.75) is 52.6 Å². The monoisotopic (exact) mass is 283 g/mol. The summed E-state index contributed by atoms with van der Waals surface area (Å²) in [6.45, 7) is 8.59. The maximum atomic E-state index is 12.1. The Bertz CT molecular complexity index is 407. The lowest BCUT2D eigenvalue weighted by Crippen LogP contribution is -2.42. The highest BCUT2D eigenvalue weighted by molar-refractivity contribution is 7.10. The number of hydrogen-bond donors (Lipinski definition) is 1. The Morgan fingerprint density at radius 1 is 1.47 bits per heavy atom. The number of thiophene rings is 1. The first-order chi connectivity index (χ1) is 8.83. The molecule has 19 heavy (non-hydrogen) atoms. The van der Waals surface area contributed by atoms with Crippen molar-refractivity contribution in [1.82, 2.24) is 4.90 Å². The van der Waals surface area contributed by atoms with Crippen LogP contribution >= 0.6 is 11.3 Å². The Hall–Kier alpha value is -0.870. The van der Waals surface area contributed by atoms with E-state index in [1.54, 1.807) is 30.1 Å². The first-order valence-electron chi connectivity index (χ1n) is 6.86. The minimum Gasteiger partial charge on any atom is -0.389 e. The van der Waals surface area contributed by atoms with Gasteiger partial charge in [-0.3, -0.25) is 4.79 Å². The predicted octanol–water partition coefficient (Wildman–Crippen LogP) is 3.00. The summed E-state index contributed by atoms with van der Waals surface area (Å²) in [6, 6.07) is 2.12. The van der Waals surface area contributed by atoms with E-state index in [1.165, 1.54) is 10.4 Å². The third kappa shape index (κ3) is 5.74. The van der Waals surface area contributed by atoms with Gasteiger partial charge >= 0.3 is 0 Å². The van der Waals surface area contributed by atoms with Crippen LogP contribution in [0.2, 0.25) is 0 Å². The minimum absolute atomic E-state index is 0.138. The van der Waals surface area contributed by atoms with Gasteiger partial charge in [0.2, 0.25) is 5.91 Å². The molecule has 0 fully saturated rings. The zero-order valence-corrected chi connectivity index (χ0v) is 13.2. The van der Waals surface area contributed by atoms with Crippen molar-refractivity contribution >= 4 is 17.2 Å². The van der Waals surface area contributed by atoms with Gasteiger partial charge in [-0.15, -0.1) is 11.3 Å². The second-order valence-electron chi connectivity index (χ2n) is 5.60. The van der Waals surface area contributed by atoms with Gasteiger partial charge in [0.1, 0.15) is 0 Å². The Kier molecular flexibility index (Phi) is 6.01. The fourth-order valence-corrected chi connectivity index (χ4v) is 3.01. The Morgan fingerprint density at radius 2 is 2.16 bits per heavy atom. The summed E-state index contributed by atoms with van der Waals surface area (Å²) in [4.78, 5) is 15.2. The van der Waals surface area contributed by atoms with Gasteiger partial charge in [-0.1, -0.05) is 0 Å². The van der Waals surface area contributed by atoms with E-state index < -0.39 is 5.60 Å². The molecule has 0 radical (unpaired) electrons. The molecule has 1 heterocycles. The maximum Gasteiger partial charge on any atom is 0.222 e. The van der Waals surface area contributed by atoms with Gasteiger partial charge < -0.3 is 10.0 Å². The van der Waals surface area contributed by atoms with Gasteiger partial charge in [0, 0.05) is 24.4 Å². The molecule has 0 aromatic carbocycles. The molecule has 1 rings (SSSR count). The molecule has 0 bridgehead atoms. The molecule has 0 unspecified atom stereocenters. The van der Waals surface area contributed by atoms with Gasteiger partial charge in [-0.05, 0) is 57.5 Å². The van der Waals surface area contributed by atoms with Crippen molar-refractivity contribution < 1.29 is 9.90 Å². The lowest BCUT2D eigenvalue weighted by molar-refractivity contribution is -0.134. The number of rotatable bonds is 7. The number of nitrogens with zero attached hydrogens (tertiary/aromatic N) is 1. The number of carbonyl (C=O) groups excluding carboxylic acids is 1. The molecule has 1 amide bonds. The number of amides is 1. The molecule has 0 atom stereocenters. The molecule has 0 saturated carbocycles. The lowest BCUT2D eigenvalue weighted by Gasteiger charge is -2.28. The van der Waals surface area contributed by atoms with Gasteiger partial charge in [-0.25, -0.2) is 0 Å². The second kappa shape index (κ2) is 7.06. The van der Waals surface area contributed by atoms with E-state index in [0.717, 1.165) is 12.8 Å². The summed E-state index contributed by atoms with van der Waals surface area (Å²) in [6.07, 6.45) is 2.40. The summed E-state index contributed by atoms with van der Waals surface area (Å²) in [7, 11) is 0. The standard InChI is InChI=1S/C15H25NO2S/c1-5-16(11-15(3,4)18)14(17)8-6-7-13-12(2)9-10-19-13/h9-10,18H,5-8,11H2,1-4H3. The van der Waals surface area contributed by atoms with Crippen LogP contribution in [0.1, 0.15) is 44.1 Å². The van der Waals surface area contributed by atoms with Gasteiger partial charge in [0.05, 0.1) is 5.60 Å². The maximum absolute atomic E-state index is 12.1. The van der Waals surface area contributed by atoms with Gasteiger partial charge in [-0.2, -0.15) is 0 Å². The number of aliphatic hydroxyl groups is 1. The highest BCUT2D eigenvalue weighted by atomic mass is 32.1. The van der Waals surface area contributed by atoms with Crippen LogP contribution in [-0.4, -0.2) is 34.6 Å². The number of likely N-dealkylation sites (N-methyl/N-ethyl adjacent to an activating group) is 1. The summed E-state index contributed by atoms with van der Waals surface area (Å²) >= 11 is 1.76. The van der Waals surface area contributed by atoms with E-state index in [4.69, 9.17) is 0 Å². The van der Waals surface area contributed by atoms with Crippen LogP contribution in [0.5, 0.6) is 0 Å². The molecule has 0 aliphatic rings. The molecule has 0 spiro atoms. The van der Waals surface area contributed by atoms with Crippen LogP contribution in [0.3, 0.4) is 0 Å². The molecular formula is C15H25NO2S. The van der Waals surface area contributed by atoms with Crippen molar-refractivity contribution in [3.63, 3.8) is 0 Å². The van der Waals surface area contributed by atoms with Crippen LogP contribution in [0.15, 0.2) is 11.4 Å². The van der Waals surface area contributed by atoms with Crippen molar-refractivity contribution in [3.8, 4) is 0 Å². The predicted molar refractivity (Wildman–Crippen MR) is 80.5 cm³/mol. The second-order valence-corrected chi connectivity index (χ2v) is 6.60. The van der Waals surface area contributed by atoms with Crippen LogP contribution < -0.4 is 0 Å². The molecule has 3 nitrogen and oxygen atoms in total. The summed E-state index contributed by atoms with van der Waals surface area (Å²) in [5.74, 6) is 0.138. The molecule has 0 saturated heterocycles. The minimum atomic E-state index is -0.823. The van der Waals surface area contributed by atoms with E-state index >= 15 is 0 Å². The Labute approximate surface area is 120 Å². The van der Waals surface area contributed by atoms with Crippen molar-refractivity contribution in [2.75, 3.05) is 13.1 Å². The van der Waals surface area contributed by atoms with Crippen LogP contribution in [0.4, 0.5) is 0 Å². The van der Waals surface area contributed by atoms with Gasteiger partial charge in [0.15, 0.2) is 0 Å². The summed E-state index contributed by atoms with van der Waals surface area (Å²) in [5.41, 5.74) is 0.497. The quantitative estimate of drug-likeness (QED) is 0.835. The fraction of sp³-hybridized carbons (Fsp3) is 0.667. The van der Waals surface area contributed by atoms with Crippen LogP contribution in [0, 0.1) is 6.92 Å². The summed E-state index contributed by atoms with van der Waals surface area (Å²) in [5, 5.41) is 11.9. The van der Waals surface area contributed by atoms with Crippen LogP contribution in [0.25, 0.3) is 0 Å². The highest BCUT2D eigenvalue weighted by Crippen LogP contribution is 2.18. The number of aryl methyl sites for hydroxylation is 2. The first-order valence-corrected chi connectivity index (χ1v) is 7.74. The molecule has 108 valence electrons. The van der Waals surface area contributed by atoms with E-state index in [2.05, 4.69) is 18.4 Å². The SMILES string of the molecule is CCN(CC(C)(C)O)C(=O)CCCc1sccc1C. The van der Waals surface area contributed by atoms with Crippen molar-refractivity contribution in [2.24, 2.45) is 0 Å². The fourth-order valence-electron chi connectivity index (χ4n) is 2.06. The average Bonchev–Trinajstić information content (AvgIpc) is 2.71. The van der Waals surface area contributed by atoms with E-state index in [9.17, 15) is 9.90 Å². The van der Waals surface area contributed by atoms with E-state index in [1.807, 2.05) is 6.92 Å². The third-order valence-electron chi connectivity index (χ3n) is 3.07. The van der Waals surface area contributed by atoms with Crippen molar-refractivity contribution in [3.05, 3.63) is 21.9 Å². The normalized spacial score (nSPS) is 11.6. The molecule has 1 N–H and O–H groups in total. The molecule has 0 aliphatic heterocycles.